The molecule has 0 amide bonds. The molecular weight excluding hydrogens is 470 g/mol. The Hall–Kier alpha value is -4.54. The molecule has 0 bridgehead atoms. The molecule has 1 atom stereocenters. The summed E-state index contributed by atoms with van der Waals surface area (Å²) in [7, 11) is 0. The molecule has 4 N–H and O–H groups in total. The van der Waals surface area contributed by atoms with Gasteiger partial charge in [0.05, 0.1) is 11.4 Å². The number of hydrogen-bond acceptors (Lipinski definition) is 8. The van der Waals surface area contributed by atoms with Crippen molar-refractivity contribution in [2.24, 2.45) is 5.92 Å². The topological polar surface area (TPSA) is 151 Å². The van der Waals surface area contributed by atoms with Crippen molar-refractivity contribution in [2.45, 2.75) is 25.3 Å². The van der Waals surface area contributed by atoms with Crippen LogP contribution in [0, 0.1) is 28.9 Å². The van der Waals surface area contributed by atoms with Gasteiger partial charge in [-0.25, -0.2) is 32.1 Å². The van der Waals surface area contributed by atoms with Gasteiger partial charge in [-0.2, -0.15) is 15.3 Å². The predicted molar refractivity (Wildman–Crippen MR) is 115 cm³/mol. The number of anilines is 2. The zero-order valence-electron chi connectivity index (χ0n) is 17.6. The van der Waals surface area contributed by atoms with Gasteiger partial charge in [-0.05, 0) is 24.8 Å². The maximum atomic E-state index is 14.6. The first-order valence-electron chi connectivity index (χ1n) is 10.3. The highest BCUT2D eigenvalue weighted by atomic mass is 19.3. The van der Waals surface area contributed by atoms with Crippen molar-refractivity contribution in [1.82, 2.24) is 29.7 Å². The van der Waals surface area contributed by atoms with Crippen LogP contribution in [0.1, 0.15) is 42.4 Å². The number of H-pyrrole nitrogens is 1. The first-order chi connectivity index (χ1) is 16.8. The third-order valence-corrected chi connectivity index (χ3v) is 5.57. The highest BCUT2D eigenvalue weighted by Crippen LogP contribution is 2.43. The predicted octanol–water partition coefficient (Wildman–Crippen LogP) is 3.13. The van der Waals surface area contributed by atoms with Crippen LogP contribution in [0.5, 0.6) is 0 Å². The van der Waals surface area contributed by atoms with Crippen molar-refractivity contribution in [3.05, 3.63) is 63.5 Å². The second kappa shape index (κ2) is 8.35. The average molecular weight is 485 g/mol. The van der Waals surface area contributed by atoms with Gasteiger partial charge in [-0.1, -0.05) is 0 Å². The number of halogens is 4. The van der Waals surface area contributed by atoms with Crippen LogP contribution in [0.2, 0.25) is 0 Å². The molecule has 3 aromatic heterocycles. The van der Waals surface area contributed by atoms with Gasteiger partial charge in [0.25, 0.3) is 12.0 Å². The van der Waals surface area contributed by atoms with E-state index in [0.717, 1.165) is 10.6 Å². The van der Waals surface area contributed by atoms with Gasteiger partial charge in [-0.15, -0.1) is 0 Å². The van der Waals surface area contributed by atoms with E-state index in [0.29, 0.717) is 18.9 Å². The molecule has 10 nitrogen and oxygen atoms in total. The molecule has 0 aliphatic heterocycles. The Kier molecular flexibility index (Phi) is 5.31. The summed E-state index contributed by atoms with van der Waals surface area (Å²) in [6.45, 7) is 0. The molecule has 0 spiro atoms. The molecule has 5 rings (SSSR count). The van der Waals surface area contributed by atoms with Gasteiger partial charge in [0.15, 0.2) is 17.5 Å². The summed E-state index contributed by atoms with van der Waals surface area (Å²) < 4.78 is 56.6. The fourth-order valence-corrected chi connectivity index (χ4v) is 3.88. The number of nitrogens with one attached hydrogen (secondary N) is 2. The lowest BCUT2D eigenvalue weighted by Crippen LogP contribution is -2.30. The van der Waals surface area contributed by atoms with Gasteiger partial charge >= 0.3 is 0 Å². The number of alkyl halides is 2. The summed E-state index contributed by atoms with van der Waals surface area (Å²) in [6, 6.07) is 3.69. The van der Waals surface area contributed by atoms with E-state index >= 15 is 0 Å². The highest BCUT2D eigenvalue weighted by molar-refractivity contribution is 5.79. The Morgan fingerprint density at radius 2 is 2.00 bits per heavy atom. The molecule has 1 fully saturated rings. The van der Waals surface area contributed by atoms with E-state index in [2.05, 4.69) is 30.5 Å². The number of nitrogens with two attached hydrogens (primary N) is 1. The van der Waals surface area contributed by atoms with Crippen LogP contribution < -0.4 is 16.6 Å². The summed E-state index contributed by atoms with van der Waals surface area (Å²) >= 11 is 0. The molecule has 1 unspecified atom stereocenters. The molecule has 3 heterocycles. The molecular formula is C21H15F4N9O. The standard InChI is InChI=1S/C21H15F4N9O/c22-9-5-10-15(12(23)6-9)30-19(34(20(10)35)13-3-4-28-33-13)14(8-1-2-8)29-18-11(7-26)16(17(24)25)31-21(27)32-18/h3-6,8,14,17H,1-2H2,(H,28,33)(H3,27,29,31,32). The second-order valence-electron chi connectivity index (χ2n) is 7.89. The Morgan fingerprint density at radius 1 is 1.23 bits per heavy atom. The van der Waals surface area contributed by atoms with Crippen molar-refractivity contribution in [2.75, 3.05) is 11.1 Å². The van der Waals surface area contributed by atoms with Gasteiger partial charge in [0, 0.05) is 18.3 Å². The third kappa shape index (κ3) is 3.90. The Morgan fingerprint density at radius 3 is 2.63 bits per heavy atom. The number of benzene rings is 1. The van der Waals surface area contributed by atoms with Gasteiger partial charge < -0.3 is 11.1 Å². The number of nitriles is 1. The zero-order valence-corrected chi connectivity index (χ0v) is 17.6. The van der Waals surface area contributed by atoms with Gasteiger partial charge in [-0.3, -0.25) is 9.89 Å². The number of fused-ring (bicyclic) bond motifs is 1. The zero-order chi connectivity index (χ0) is 24.9. The summed E-state index contributed by atoms with van der Waals surface area (Å²) in [4.78, 5) is 25.1. The molecule has 1 aliphatic carbocycles. The first-order valence-corrected chi connectivity index (χ1v) is 10.3. The molecule has 0 saturated heterocycles. The quantitative estimate of drug-likeness (QED) is 0.353. The van der Waals surface area contributed by atoms with E-state index in [4.69, 9.17) is 5.73 Å². The monoisotopic (exact) mass is 485 g/mol. The van der Waals surface area contributed by atoms with Crippen LogP contribution in [0.4, 0.5) is 29.3 Å². The lowest BCUT2D eigenvalue weighted by molar-refractivity contribution is 0.146. The Bertz CT molecular complexity index is 1540. The van der Waals surface area contributed by atoms with Crippen LogP contribution in [-0.4, -0.2) is 29.7 Å². The van der Waals surface area contributed by atoms with E-state index in [1.54, 1.807) is 6.07 Å². The van der Waals surface area contributed by atoms with Crippen molar-refractivity contribution < 1.29 is 17.6 Å². The molecule has 1 aromatic carbocycles. The van der Waals surface area contributed by atoms with E-state index in [-0.39, 0.29) is 34.3 Å². The smallest absolute Gasteiger partial charge is 0.281 e. The molecule has 1 aliphatic rings. The molecule has 178 valence electrons. The fourth-order valence-electron chi connectivity index (χ4n) is 3.88. The van der Waals surface area contributed by atoms with Crippen LogP contribution in [0.3, 0.4) is 0 Å². The molecule has 4 aromatic rings. The van der Waals surface area contributed by atoms with Crippen LogP contribution in [-0.2, 0) is 0 Å². The summed E-state index contributed by atoms with van der Waals surface area (Å²) in [5, 5.41) is 18.7. The first kappa shape index (κ1) is 22.3. The third-order valence-electron chi connectivity index (χ3n) is 5.57. The number of rotatable bonds is 6. The summed E-state index contributed by atoms with van der Waals surface area (Å²) in [5.74, 6) is -2.89. The lowest BCUT2D eigenvalue weighted by atomic mass is 10.1. The van der Waals surface area contributed by atoms with E-state index < -0.39 is 46.9 Å². The molecule has 1 saturated carbocycles. The van der Waals surface area contributed by atoms with Crippen LogP contribution in [0.25, 0.3) is 16.7 Å². The van der Waals surface area contributed by atoms with Crippen LogP contribution in [0.15, 0.2) is 29.2 Å². The van der Waals surface area contributed by atoms with Gasteiger partial charge in [0.1, 0.15) is 34.5 Å². The van der Waals surface area contributed by atoms with Crippen molar-refractivity contribution in [3.63, 3.8) is 0 Å². The number of nitrogens with zero attached hydrogens (tertiary/aromatic N) is 6. The largest absolute Gasteiger partial charge is 0.368 e. The van der Waals surface area contributed by atoms with E-state index in [9.17, 15) is 27.6 Å². The number of nitrogen functional groups attached to an aromatic ring is 1. The van der Waals surface area contributed by atoms with Crippen LogP contribution >= 0.6 is 0 Å². The summed E-state index contributed by atoms with van der Waals surface area (Å²) in [6.07, 6.45) is -0.348. The molecule has 35 heavy (non-hydrogen) atoms. The average Bonchev–Trinajstić information content (AvgIpc) is 3.51. The normalized spacial score (nSPS) is 14.3. The number of hydrogen-bond donors (Lipinski definition) is 3. The minimum Gasteiger partial charge on any atom is -0.368 e. The molecule has 14 heteroatoms. The minimum absolute atomic E-state index is 0.0257. The highest BCUT2D eigenvalue weighted by Gasteiger charge is 2.38. The number of aromatic amines is 1. The Labute approximate surface area is 193 Å². The fraction of sp³-hybridized carbons (Fsp3) is 0.238. The van der Waals surface area contributed by atoms with Crippen molar-refractivity contribution in [3.8, 4) is 11.9 Å². The van der Waals surface area contributed by atoms with Crippen molar-refractivity contribution in [1.29, 1.82) is 5.26 Å². The second-order valence-corrected chi connectivity index (χ2v) is 7.89. The Balaban J connectivity index is 1.75. The van der Waals surface area contributed by atoms with E-state index in [1.165, 1.54) is 12.3 Å². The maximum absolute atomic E-state index is 14.6. The van der Waals surface area contributed by atoms with Crippen molar-refractivity contribution >= 4 is 22.7 Å². The number of aromatic nitrogens is 6. The minimum atomic E-state index is -3.10. The maximum Gasteiger partial charge on any atom is 0.281 e. The van der Waals surface area contributed by atoms with Gasteiger partial charge in [0.2, 0.25) is 5.95 Å². The SMILES string of the molecule is N#Cc1c(NC(c2nc3c(F)cc(F)cc3c(=O)n2-c2cc[nH]n2)C2CC2)nc(N)nc1C(F)F. The van der Waals surface area contributed by atoms with E-state index in [1.807, 2.05) is 0 Å². The summed E-state index contributed by atoms with van der Waals surface area (Å²) in [5.41, 5.74) is 3.05. The lowest BCUT2D eigenvalue weighted by Gasteiger charge is -2.23. The molecule has 0 radical (unpaired) electrons.